The second kappa shape index (κ2) is 8.19. The Hall–Kier alpha value is -2.29. The van der Waals surface area contributed by atoms with Crippen molar-refractivity contribution in [3.63, 3.8) is 0 Å². The predicted molar refractivity (Wildman–Crippen MR) is 94.8 cm³/mol. The molecule has 0 unspecified atom stereocenters. The van der Waals surface area contributed by atoms with Gasteiger partial charge in [0.1, 0.15) is 11.5 Å². The fourth-order valence-electron chi connectivity index (χ4n) is 1.95. The van der Waals surface area contributed by atoms with Crippen LogP contribution < -0.4 is 19.5 Å². The summed E-state index contributed by atoms with van der Waals surface area (Å²) >= 11 is 5.73. The fourth-order valence-corrected chi connectivity index (χ4v) is 3.06. The highest BCUT2D eigenvalue weighted by molar-refractivity contribution is 7.89. The quantitative estimate of drug-likeness (QED) is 0.763. The number of nitrogens with one attached hydrogen (secondary N) is 2. The summed E-state index contributed by atoms with van der Waals surface area (Å²) in [5.74, 6) is 0.424. The minimum Gasteiger partial charge on any atom is -0.497 e. The molecule has 0 aliphatic carbocycles. The Kier molecular flexibility index (Phi) is 6.24. The van der Waals surface area contributed by atoms with Crippen molar-refractivity contribution in [1.82, 2.24) is 4.72 Å². The molecule has 9 heteroatoms. The van der Waals surface area contributed by atoms with Gasteiger partial charge in [-0.05, 0) is 36.4 Å². The monoisotopic (exact) mass is 384 g/mol. The largest absolute Gasteiger partial charge is 0.497 e. The lowest BCUT2D eigenvalue weighted by atomic mass is 10.2. The standard InChI is InChI=1S/C16H17ClN2O5S/c1-23-12-5-8-14(15(9-12)24-2)19-16(20)10-18-25(21,22)13-6-3-11(17)4-7-13/h3-9,18H,10H2,1-2H3,(H,19,20). The molecule has 7 nitrogen and oxygen atoms in total. The van der Waals surface area contributed by atoms with E-state index in [1.807, 2.05) is 0 Å². The summed E-state index contributed by atoms with van der Waals surface area (Å²) in [4.78, 5) is 12.0. The smallest absolute Gasteiger partial charge is 0.241 e. The molecule has 0 radical (unpaired) electrons. The molecule has 0 atom stereocenters. The first-order valence-corrected chi connectivity index (χ1v) is 8.99. The molecular formula is C16H17ClN2O5S. The maximum absolute atomic E-state index is 12.1. The Morgan fingerprint density at radius 1 is 1.08 bits per heavy atom. The molecule has 25 heavy (non-hydrogen) atoms. The van der Waals surface area contributed by atoms with Gasteiger partial charge in [0.2, 0.25) is 15.9 Å². The van der Waals surface area contributed by atoms with Crippen LogP contribution in [0.2, 0.25) is 5.02 Å². The highest BCUT2D eigenvalue weighted by Gasteiger charge is 2.16. The summed E-state index contributed by atoms with van der Waals surface area (Å²) in [6.07, 6.45) is 0. The van der Waals surface area contributed by atoms with Crippen molar-refractivity contribution in [3.05, 3.63) is 47.5 Å². The van der Waals surface area contributed by atoms with Crippen molar-refractivity contribution >= 4 is 33.2 Å². The molecule has 0 aliphatic rings. The number of hydrogen-bond donors (Lipinski definition) is 2. The summed E-state index contributed by atoms with van der Waals surface area (Å²) in [5, 5.41) is 3.00. The van der Waals surface area contributed by atoms with Crippen LogP contribution in [0.4, 0.5) is 5.69 Å². The molecular weight excluding hydrogens is 368 g/mol. The predicted octanol–water partition coefficient (Wildman–Crippen LogP) is 2.27. The van der Waals surface area contributed by atoms with Gasteiger partial charge in [-0.2, -0.15) is 0 Å². The number of methoxy groups -OCH3 is 2. The number of anilines is 1. The number of carbonyl (C=O) groups is 1. The van der Waals surface area contributed by atoms with Crippen molar-refractivity contribution < 1.29 is 22.7 Å². The van der Waals surface area contributed by atoms with E-state index in [-0.39, 0.29) is 4.90 Å². The fraction of sp³-hybridized carbons (Fsp3) is 0.188. The molecule has 134 valence electrons. The van der Waals surface area contributed by atoms with Gasteiger partial charge < -0.3 is 14.8 Å². The Morgan fingerprint density at radius 3 is 2.36 bits per heavy atom. The van der Waals surface area contributed by atoms with Crippen LogP contribution in [0, 0.1) is 0 Å². The molecule has 2 rings (SSSR count). The molecule has 0 spiro atoms. The second-order valence-electron chi connectivity index (χ2n) is 4.89. The lowest BCUT2D eigenvalue weighted by Crippen LogP contribution is -2.33. The number of halogens is 1. The van der Waals surface area contributed by atoms with Gasteiger partial charge in [-0.3, -0.25) is 4.79 Å². The molecule has 0 saturated heterocycles. The van der Waals surface area contributed by atoms with Crippen LogP contribution in [0.25, 0.3) is 0 Å². The molecule has 0 saturated carbocycles. The Morgan fingerprint density at radius 2 is 1.76 bits per heavy atom. The van der Waals surface area contributed by atoms with E-state index in [9.17, 15) is 13.2 Å². The topological polar surface area (TPSA) is 93.7 Å². The van der Waals surface area contributed by atoms with Gasteiger partial charge in [0, 0.05) is 11.1 Å². The second-order valence-corrected chi connectivity index (χ2v) is 7.10. The van der Waals surface area contributed by atoms with Crippen LogP contribution in [-0.2, 0) is 14.8 Å². The van der Waals surface area contributed by atoms with Crippen molar-refractivity contribution in [2.45, 2.75) is 4.90 Å². The van der Waals surface area contributed by atoms with Crippen molar-refractivity contribution in [3.8, 4) is 11.5 Å². The zero-order valence-corrected chi connectivity index (χ0v) is 15.1. The summed E-state index contributed by atoms with van der Waals surface area (Å²) in [6, 6.07) is 10.5. The van der Waals surface area contributed by atoms with E-state index in [0.29, 0.717) is 22.2 Å². The molecule has 0 aromatic heterocycles. The number of sulfonamides is 1. The van der Waals surface area contributed by atoms with Gasteiger partial charge in [-0.1, -0.05) is 11.6 Å². The Balaban J connectivity index is 2.02. The Bertz CT molecular complexity index is 853. The van der Waals surface area contributed by atoms with Gasteiger partial charge in [0.05, 0.1) is 31.3 Å². The third-order valence-electron chi connectivity index (χ3n) is 3.23. The maximum Gasteiger partial charge on any atom is 0.241 e. The molecule has 0 fully saturated rings. The van der Waals surface area contributed by atoms with Gasteiger partial charge in [-0.25, -0.2) is 13.1 Å². The van der Waals surface area contributed by atoms with E-state index >= 15 is 0 Å². The van der Waals surface area contributed by atoms with Gasteiger partial charge in [-0.15, -0.1) is 0 Å². The van der Waals surface area contributed by atoms with Crippen LogP contribution >= 0.6 is 11.6 Å². The SMILES string of the molecule is COc1ccc(NC(=O)CNS(=O)(=O)c2ccc(Cl)cc2)c(OC)c1. The third-order valence-corrected chi connectivity index (χ3v) is 4.90. The van der Waals surface area contributed by atoms with Crippen LogP contribution in [0.3, 0.4) is 0 Å². The Labute approximate surface area is 151 Å². The number of amides is 1. The third kappa shape index (κ3) is 5.09. The van der Waals surface area contributed by atoms with E-state index in [1.165, 1.54) is 38.5 Å². The highest BCUT2D eigenvalue weighted by atomic mass is 35.5. The minimum absolute atomic E-state index is 0.0201. The molecule has 1 amide bonds. The van der Waals surface area contributed by atoms with Crippen molar-refractivity contribution in [2.24, 2.45) is 0 Å². The van der Waals surface area contributed by atoms with Crippen LogP contribution in [-0.4, -0.2) is 35.1 Å². The van der Waals surface area contributed by atoms with E-state index in [1.54, 1.807) is 18.2 Å². The first-order valence-electron chi connectivity index (χ1n) is 7.13. The molecule has 0 bridgehead atoms. The number of benzene rings is 2. The van der Waals surface area contributed by atoms with E-state index < -0.39 is 22.5 Å². The number of carbonyl (C=O) groups excluding carboxylic acids is 1. The van der Waals surface area contributed by atoms with E-state index in [0.717, 1.165) is 0 Å². The molecule has 2 N–H and O–H groups in total. The molecule has 2 aromatic carbocycles. The summed E-state index contributed by atoms with van der Waals surface area (Å²) < 4.78 is 36.7. The number of rotatable bonds is 7. The van der Waals surface area contributed by atoms with E-state index in [2.05, 4.69) is 10.0 Å². The lowest BCUT2D eigenvalue weighted by molar-refractivity contribution is -0.115. The minimum atomic E-state index is -3.81. The summed E-state index contributed by atoms with van der Waals surface area (Å²) in [6.45, 7) is -0.430. The van der Waals surface area contributed by atoms with Gasteiger partial charge >= 0.3 is 0 Å². The molecule has 2 aromatic rings. The zero-order valence-electron chi connectivity index (χ0n) is 13.6. The zero-order chi connectivity index (χ0) is 18.4. The van der Waals surface area contributed by atoms with Gasteiger partial charge in [0.25, 0.3) is 0 Å². The van der Waals surface area contributed by atoms with Crippen LogP contribution in [0.1, 0.15) is 0 Å². The van der Waals surface area contributed by atoms with Crippen molar-refractivity contribution in [2.75, 3.05) is 26.1 Å². The average Bonchev–Trinajstić information content (AvgIpc) is 2.61. The summed E-state index contributed by atoms with van der Waals surface area (Å²) in [5.41, 5.74) is 0.402. The van der Waals surface area contributed by atoms with Crippen LogP contribution in [0.5, 0.6) is 11.5 Å². The summed E-state index contributed by atoms with van der Waals surface area (Å²) in [7, 11) is -0.847. The maximum atomic E-state index is 12.1. The first kappa shape index (κ1) is 19.0. The first-order chi connectivity index (χ1) is 11.9. The van der Waals surface area contributed by atoms with Gasteiger partial charge in [0.15, 0.2) is 0 Å². The lowest BCUT2D eigenvalue weighted by Gasteiger charge is -2.12. The van der Waals surface area contributed by atoms with Crippen molar-refractivity contribution in [1.29, 1.82) is 0 Å². The number of hydrogen-bond acceptors (Lipinski definition) is 5. The average molecular weight is 385 g/mol. The number of ether oxygens (including phenoxy) is 2. The molecule has 0 heterocycles. The normalized spacial score (nSPS) is 11.0. The highest BCUT2D eigenvalue weighted by Crippen LogP contribution is 2.28. The molecule has 0 aliphatic heterocycles. The van der Waals surface area contributed by atoms with E-state index in [4.69, 9.17) is 21.1 Å². The van der Waals surface area contributed by atoms with Crippen LogP contribution in [0.15, 0.2) is 47.4 Å².